The molecule has 0 aliphatic carbocycles. The first kappa shape index (κ1) is 10.7. The van der Waals surface area contributed by atoms with E-state index < -0.39 is 0 Å². The lowest BCUT2D eigenvalue weighted by Crippen LogP contribution is -2.03. The molecule has 3 rings (SSSR count). The molecule has 1 aromatic heterocycles. The summed E-state index contributed by atoms with van der Waals surface area (Å²) < 4.78 is 0.717. The normalized spacial score (nSPS) is 13.6. The van der Waals surface area contributed by atoms with Gasteiger partial charge in [0, 0.05) is 11.3 Å². The molecule has 0 bridgehead atoms. The average molecular weight is 265 g/mol. The van der Waals surface area contributed by atoms with E-state index in [1.165, 1.54) is 11.3 Å². The smallest absolute Gasteiger partial charge is 0.228 e. The molecule has 0 fully saturated rings. The Morgan fingerprint density at radius 3 is 3.00 bits per heavy atom. The Labute approximate surface area is 107 Å². The highest BCUT2D eigenvalue weighted by Gasteiger charge is 2.18. The summed E-state index contributed by atoms with van der Waals surface area (Å²) in [6, 6.07) is 5.88. The molecule has 0 atom stereocenters. The molecule has 0 unspecified atom stereocenters. The number of halogens is 1. The topological polar surface area (TPSA) is 42.0 Å². The number of benzene rings is 1. The average Bonchev–Trinajstić information content (AvgIpc) is 2.80. The second kappa shape index (κ2) is 3.82. The van der Waals surface area contributed by atoms with Crippen molar-refractivity contribution >= 4 is 34.5 Å². The zero-order valence-corrected chi connectivity index (χ0v) is 10.7. The lowest BCUT2D eigenvalue weighted by molar-refractivity contribution is -0.115. The molecule has 1 N–H and O–H groups in total. The van der Waals surface area contributed by atoms with Crippen molar-refractivity contribution in [3.63, 3.8) is 0 Å². The van der Waals surface area contributed by atoms with Gasteiger partial charge in [0.2, 0.25) is 5.91 Å². The van der Waals surface area contributed by atoms with Crippen molar-refractivity contribution in [2.45, 2.75) is 13.3 Å². The number of aromatic nitrogens is 1. The number of carbonyl (C=O) groups is 1. The van der Waals surface area contributed by atoms with Gasteiger partial charge in [0.1, 0.15) is 9.34 Å². The van der Waals surface area contributed by atoms with Gasteiger partial charge in [0.25, 0.3) is 0 Å². The molecule has 5 heteroatoms. The number of fused-ring (bicyclic) bond motifs is 1. The Kier molecular flexibility index (Phi) is 2.42. The lowest BCUT2D eigenvalue weighted by atomic mass is 10.1. The van der Waals surface area contributed by atoms with Gasteiger partial charge in [-0.3, -0.25) is 4.79 Å². The van der Waals surface area contributed by atoms with E-state index in [1.807, 2.05) is 25.1 Å². The highest BCUT2D eigenvalue weighted by atomic mass is 35.5. The van der Waals surface area contributed by atoms with Crippen LogP contribution in [0.15, 0.2) is 18.2 Å². The third-order valence-corrected chi connectivity index (χ3v) is 4.22. The standard InChI is InChI=1S/C12H9ClN2OS/c1-6-11(13)17-12(14-6)7-2-3-9-8(4-7)5-10(16)15-9/h2-4H,5H2,1H3,(H,15,16). The Hall–Kier alpha value is -1.39. The summed E-state index contributed by atoms with van der Waals surface area (Å²) in [7, 11) is 0. The quantitative estimate of drug-likeness (QED) is 0.859. The molecule has 0 saturated carbocycles. The van der Waals surface area contributed by atoms with Gasteiger partial charge in [-0.1, -0.05) is 11.6 Å². The van der Waals surface area contributed by atoms with Crippen LogP contribution in [0.4, 0.5) is 5.69 Å². The maximum atomic E-state index is 11.3. The van der Waals surface area contributed by atoms with Crippen molar-refractivity contribution in [1.82, 2.24) is 4.98 Å². The van der Waals surface area contributed by atoms with Gasteiger partial charge in [-0.2, -0.15) is 0 Å². The van der Waals surface area contributed by atoms with E-state index in [2.05, 4.69) is 10.3 Å². The fourth-order valence-electron chi connectivity index (χ4n) is 1.86. The molecule has 17 heavy (non-hydrogen) atoms. The predicted molar refractivity (Wildman–Crippen MR) is 69.6 cm³/mol. The number of nitrogens with zero attached hydrogens (tertiary/aromatic N) is 1. The first-order valence-corrected chi connectivity index (χ1v) is 6.39. The fourth-order valence-corrected chi connectivity index (χ4v) is 2.92. The molecule has 1 aliphatic heterocycles. The zero-order chi connectivity index (χ0) is 12.0. The molecular weight excluding hydrogens is 256 g/mol. The van der Waals surface area contributed by atoms with E-state index in [1.54, 1.807) is 0 Å². The number of aryl methyl sites for hydroxylation is 1. The van der Waals surface area contributed by atoms with Crippen LogP contribution in [0, 0.1) is 6.92 Å². The Balaban J connectivity index is 2.05. The van der Waals surface area contributed by atoms with Crippen molar-refractivity contribution in [1.29, 1.82) is 0 Å². The minimum Gasteiger partial charge on any atom is -0.326 e. The van der Waals surface area contributed by atoms with E-state index in [4.69, 9.17) is 11.6 Å². The van der Waals surface area contributed by atoms with Crippen molar-refractivity contribution in [2.24, 2.45) is 0 Å². The van der Waals surface area contributed by atoms with Crippen LogP contribution in [0.5, 0.6) is 0 Å². The minimum atomic E-state index is 0.0468. The first-order chi connectivity index (χ1) is 8.13. The molecule has 0 spiro atoms. The van der Waals surface area contributed by atoms with Crippen LogP contribution < -0.4 is 5.32 Å². The van der Waals surface area contributed by atoms with Crippen LogP contribution in [0.25, 0.3) is 10.6 Å². The second-order valence-electron chi connectivity index (χ2n) is 3.98. The van der Waals surface area contributed by atoms with Crippen LogP contribution in [0.1, 0.15) is 11.3 Å². The highest BCUT2D eigenvalue weighted by Crippen LogP contribution is 2.34. The maximum absolute atomic E-state index is 11.3. The third kappa shape index (κ3) is 1.83. The van der Waals surface area contributed by atoms with Gasteiger partial charge in [-0.25, -0.2) is 4.98 Å². The monoisotopic (exact) mass is 264 g/mol. The lowest BCUT2D eigenvalue weighted by Gasteiger charge is -2.00. The number of anilines is 1. The van der Waals surface area contributed by atoms with E-state index >= 15 is 0 Å². The highest BCUT2D eigenvalue weighted by molar-refractivity contribution is 7.19. The van der Waals surface area contributed by atoms with Crippen molar-refractivity contribution in [3.05, 3.63) is 33.8 Å². The van der Waals surface area contributed by atoms with Crippen LogP contribution >= 0.6 is 22.9 Å². The van der Waals surface area contributed by atoms with Gasteiger partial charge in [0.05, 0.1) is 12.1 Å². The molecule has 2 aromatic rings. The molecule has 86 valence electrons. The molecule has 1 aromatic carbocycles. The maximum Gasteiger partial charge on any atom is 0.228 e. The summed E-state index contributed by atoms with van der Waals surface area (Å²) in [5, 5.41) is 3.71. The van der Waals surface area contributed by atoms with Crippen LogP contribution in [-0.2, 0) is 11.2 Å². The number of hydrogen-bond acceptors (Lipinski definition) is 3. The van der Waals surface area contributed by atoms with E-state index in [0.717, 1.165) is 31.9 Å². The molecule has 0 radical (unpaired) electrons. The third-order valence-electron chi connectivity index (χ3n) is 2.72. The second-order valence-corrected chi connectivity index (χ2v) is 5.58. The molecule has 2 heterocycles. The number of nitrogens with one attached hydrogen (secondary N) is 1. The number of rotatable bonds is 1. The predicted octanol–water partition coefficient (Wildman–Crippen LogP) is 3.27. The van der Waals surface area contributed by atoms with E-state index in [0.29, 0.717) is 6.42 Å². The Morgan fingerprint density at radius 1 is 1.47 bits per heavy atom. The number of thiazole rings is 1. The van der Waals surface area contributed by atoms with Gasteiger partial charge < -0.3 is 5.32 Å². The van der Waals surface area contributed by atoms with E-state index in [-0.39, 0.29) is 5.91 Å². The van der Waals surface area contributed by atoms with Crippen LogP contribution in [0.2, 0.25) is 4.34 Å². The molecule has 0 saturated heterocycles. The van der Waals surface area contributed by atoms with E-state index in [9.17, 15) is 4.79 Å². The zero-order valence-electron chi connectivity index (χ0n) is 9.08. The molecular formula is C12H9ClN2OS. The summed E-state index contributed by atoms with van der Waals surface area (Å²) in [6.07, 6.45) is 0.446. The summed E-state index contributed by atoms with van der Waals surface area (Å²) in [5.74, 6) is 0.0468. The number of amides is 1. The van der Waals surface area contributed by atoms with Gasteiger partial charge in [0.15, 0.2) is 0 Å². The summed E-state index contributed by atoms with van der Waals surface area (Å²) >= 11 is 7.47. The molecule has 1 amide bonds. The van der Waals surface area contributed by atoms with Crippen molar-refractivity contribution in [3.8, 4) is 10.6 Å². The van der Waals surface area contributed by atoms with Gasteiger partial charge in [-0.05, 0) is 30.7 Å². The van der Waals surface area contributed by atoms with Crippen LogP contribution in [0.3, 0.4) is 0 Å². The summed E-state index contributed by atoms with van der Waals surface area (Å²) in [6.45, 7) is 1.89. The number of hydrogen-bond donors (Lipinski definition) is 1. The Morgan fingerprint density at radius 2 is 2.29 bits per heavy atom. The fraction of sp³-hybridized carbons (Fsp3) is 0.167. The largest absolute Gasteiger partial charge is 0.326 e. The summed E-state index contributed by atoms with van der Waals surface area (Å²) in [5.41, 5.74) is 3.79. The number of carbonyl (C=O) groups excluding carboxylic acids is 1. The van der Waals surface area contributed by atoms with Gasteiger partial charge in [-0.15, -0.1) is 11.3 Å². The SMILES string of the molecule is Cc1nc(-c2ccc3c(c2)CC(=O)N3)sc1Cl. The first-order valence-electron chi connectivity index (χ1n) is 5.19. The van der Waals surface area contributed by atoms with Crippen molar-refractivity contribution in [2.75, 3.05) is 5.32 Å². The van der Waals surface area contributed by atoms with Crippen LogP contribution in [-0.4, -0.2) is 10.9 Å². The summed E-state index contributed by atoms with van der Waals surface area (Å²) in [4.78, 5) is 15.7. The molecule has 1 aliphatic rings. The molecule has 3 nitrogen and oxygen atoms in total. The Bertz CT molecular complexity index is 601. The minimum absolute atomic E-state index is 0.0468. The van der Waals surface area contributed by atoms with Crippen molar-refractivity contribution < 1.29 is 4.79 Å². The van der Waals surface area contributed by atoms with Gasteiger partial charge >= 0.3 is 0 Å².